The number of rotatable bonds is 4. The normalized spacial score (nSPS) is 26.6. The molecule has 0 N–H and O–H groups in total. The molecule has 3 fully saturated rings. The lowest BCUT2D eigenvalue weighted by atomic mass is 9.99. The Bertz CT molecular complexity index is 963. The third-order valence-corrected chi connectivity index (χ3v) is 6.06. The number of nitrogens with zero attached hydrogens (tertiary/aromatic N) is 3. The van der Waals surface area contributed by atoms with E-state index in [1.807, 2.05) is 17.5 Å². The average molecular weight is 419 g/mol. The maximum Gasteiger partial charge on any atom is 0.422 e. The molecule has 9 nitrogen and oxygen atoms in total. The Morgan fingerprint density at radius 2 is 2.11 bits per heavy atom. The SMILES string of the molecule is O=C1OC2(OC1=O)C(Oc1nsnc1OCC#Cc1cccs1)C1CCN2C1. The Morgan fingerprint density at radius 3 is 2.89 bits per heavy atom. The summed E-state index contributed by atoms with van der Waals surface area (Å²) in [6.07, 6.45) is 0.141. The molecule has 3 aliphatic rings. The van der Waals surface area contributed by atoms with E-state index in [0.717, 1.165) is 23.0 Å². The first kappa shape index (κ1) is 17.4. The van der Waals surface area contributed by atoms with Gasteiger partial charge >= 0.3 is 17.8 Å². The van der Waals surface area contributed by atoms with Gasteiger partial charge in [0.05, 0.1) is 16.6 Å². The summed E-state index contributed by atoms with van der Waals surface area (Å²) >= 11 is 2.48. The number of piperidine rings is 1. The van der Waals surface area contributed by atoms with Crippen molar-refractivity contribution in [3.05, 3.63) is 22.4 Å². The summed E-state index contributed by atoms with van der Waals surface area (Å²) in [5.74, 6) is 2.74. The second-order valence-electron chi connectivity index (χ2n) is 6.39. The van der Waals surface area contributed by atoms with Gasteiger partial charge in [-0.2, -0.15) is 0 Å². The van der Waals surface area contributed by atoms with E-state index in [1.54, 1.807) is 16.2 Å². The fourth-order valence-corrected chi connectivity index (χ4v) is 4.64. The molecular weight excluding hydrogens is 406 g/mol. The van der Waals surface area contributed by atoms with Crippen LogP contribution < -0.4 is 9.47 Å². The quantitative estimate of drug-likeness (QED) is 0.406. The van der Waals surface area contributed by atoms with E-state index in [0.29, 0.717) is 13.1 Å². The minimum absolute atomic E-state index is 0.0341. The first-order valence-corrected chi connectivity index (χ1v) is 10.1. The highest BCUT2D eigenvalue weighted by atomic mass is 32.1. The van der Waals surface area contributed by atoms with Crippen LogP contribution in [0.1, 0.15) is 11.3 Å². The van der Waals surface area contributed by atoms with Crippen molar-refractivity contribution in [3.63, 3.8) is 0 Å². The van der Waals surface area contributed by atoms with Crippen LogP contribution in [0.2, 0.25) is 0 Å². The molecule has 3 aliphatic heterocycles. The van der Waals surface area contributed by atoms with E-state index in [-0.39, 0.29) is 24.3 Å². The standard InChI is InChI=1S/C17H13N3O6S2/c21-15-16(22)26-17(25-15)12(10-5-6-20(17)9-10)24-14-13(18-28-19-14)23-7-1-3-11-4-2-8-27-11/h2,4,8,10,12H,5-7,9H2. The third-order valence-electron chi connectivity index (χ3n) is 4.78. The van der Waals surface area contributed by atoms with Crippen molar-refractivity contribution in [1.29, 1.82) is 0 Å². The molecule has 2 aromatic heterocycles. The van der Waals surface area contributed by atoms with Gasteiger partial charge in [0.2, 0.25) is 0 Å². The highest BCUT2D eigenvalue weighted by molar-refractivity contribution is 7.10. The molecule has 0 radical (unpaired) electrons. The Balaban J connectivity index is 1.31. The highest BCUT2D eigenvalue weighted by Crippen LogP contribution is 2.47. The summed E-state index contributed by atoms with van der Waals surface area (Å²) in [6.45, 7) is 1.38. The number of esters is 2. The predicted octanol–water partition coefficient (Wildman–Crippen LogP) is 0.867. The van der Waals surface area contributed by atoms with Crippen LogP contribution in [0.25, 0.3) is 0 Å². The number of aromatic nitrogens is 2. The van der Waals surface area contributed by atoms with E-state index in [1.165, 1.54) is 0 Å². The summed E-state index contributed by atoms with van der Waals surface area (Å²) in [7, 11) is 0. The van der Waals surface area contributed by atoms with E-state index in [9.17, 15) is 9.59 Å². The highest BCUT2D eigenvalue weighted by Gasteiger charge is 2.69. The monoisotopic (exact) mass is 419 g/mol. The number of carbonyl (C=O) groups excluding carboxylic acids is 2. The first-order chi connectivity index (χ1) is 13.7. The Kier molecular flexibility index (Phi) is 4.19. The van der Waals surface area contributed by atoms with Crippen molar-refractivity contribution < 1.29 is 28.5 Å². The molecule has 0 saturated carbocycles. The van der Waals surface area contributed by atoms with Crippen molar-refractivity contribution >= 4 is 35.0 Å². The summed E-state index contributed by atoms with van der Waals surface area (Å²) in [5.41, 5.74) is 0. The van der Waals surface area contributed by atoms with E-state index >= 15 is 0 Å². The van der Waals surface area contributed by atoms with Crippen LogP contribution in [0.3, 0.4) is 0 Å². The van der Waals surface area contributed by atoms with Crippen LogP contribution in [-0.2, 0) is 19.1 Å². The average Bonchev–Trinajstić information content (AvgIpc) is 3.48. The van der Waals surface area contributed by atoms with Crippen LogP contribution in [0.15, 0.2) is 17.5 Å². The van der Waals surface area contributed by atoms with Gasteiger partial charge in [-0.1, -0.05) is 17.9 Å². The molecule has 144 valence electrons. The minimum Gasteiger partial charge on any atom is -0.460 e. The summed E-state index contributed by atoms with van der Waals surface area (Å²) in [6, 6.07) is 3.85. The van der Waals surface area contributed by atoms with Gasteiger partial charge in [0.1, 0.15) is 0 Å². The topological polar surface area (TPSA) is 100 Å². The van der Waals surface area contributed by atoms with Gasteiger partial charge in [0.15, 0.2) is 12.7 Å². The maximum atomic E-state index is 11.7. The van der Waals surface area contributed by atoms with Crippen LogP contribution in [0, 0.1) is 17.8 Å². The minimum atomic E-state index is -1.53. The number of ether oxygens (including phenoxy) is 4. The molecule has 2 bridgehead atoms. The van der Waals surface area contributed by atoms with Crippen molar-refractivity contribution in [1.82, 2.24) is 13.6 Å². The number of hydrogen-bond donors (Lipinski definition) is 0. The number of thiophene rings is 1. The van der Waals surface area contributed by atoms with Crippen molar-refractivity contribution in [3.8, 4) is 23.6 Å². The first-order valence-electron chi connectivity index (χ1n) is 8.51. The van der Waals surface area contributed by atoms with Crippen LogP contribution in [-0.4, -0.2) is 57.3 Å². The Morgan fingerprint density at radius 1 is 1.29 bits per heavy atom. The molecule has 1 spiro atoms. The smallest absolute Gasteiger partial charge is 0.422 e. The molecule has 5 heterocycles. The fourth-order valence-electron chi connectivity index (χ4n) is 3.61. The molecule has 3 atom stereocenters. The van der Waals surface area contributed by atoms with Crippen LogP contribution >= 0.6 is 23.1 Å². The van der Waals surface area contributed by atoms with Gasteiger partial charge in [-0.15, -0.1) is 20.1 Å². The molecule has 0 aliphatic carbocycles. The summed E-state index contributed by atoms with van der Waals surface area (Å²) < 4.78 is 30.3. The Hall–Kier alpha value is -2.68. The van der Waals surface area contributed by atoms with E-state index < -0.39 is 24.0 Å². The maximum absolute atomic E-state index is 11.7. The molecule has 28 heavy (non-hydrogen) atoms. The summed E-state index contributed by atoms with van der Waals surface area (Å²) in [5, 5.41) is 1.95. The van der Waals surface area contributed by atoms with E-state index in [4.69, 9.17) is 18.9 Å². The van der Waals surface area contributed by atoms with Gasteiger partial charge in [-0.25, -0.2) is 14.5 Å². The molecule has 0 amide bonds. The van der Waals surface area contributed by atoms with Gasteiger partial charge < -0.3 is 18.9 Å². The molecular formula is C17H13N3O6S2. The number of fused-ring (bicyclic) bond motifs is 3. The lowest BCUT2D eigenvalue weighted by Crippen LogP contribution is -2.57. The largest absolute Gasteiger partial charge is 0.460 e. The van der Waals surface area contributed by atoms with Crippen molar-refractivity contribution in [2.45, 2.75) is 18.4 Å². The molecule has 5 rings (SSSR count). The van der Waals surface area contributed by atoms with Gasteiger partial charge in [-0.05, 0) is 17.9 Å². The van der Waals surface area contributed by atoms with Crippen LogP contribution in [0.4, 0.5) is 0 Å². The molecule has 11 heteroatoms. The zero-order valence-electron chi connectivity index (χ0n) is 14.3. The van der Waals surface area contributed by atoms with Gasteiger partial charge in [0.25, 0.3) is 11.8 Å². The predicted molar refractivity (Wildman–Crippen MR) is 95.6 cm³/mol. The number of carbonyl (C=O) groups is 2. The lowest BCUT2D eigenvalue weighted by molar-refractivity contribution is -0.273. The van der Waals surface area contributed by atoms with Crippen LogP contribution in [0.5, 0.6) is 11.8 Å². The fraction of sp³-hybridized carbons (Fsp3) is 0.412. The van der Waals surface area contributed by atoms with Crippen molar-refractivity contribution in [2.24, 2.45) is 5.92 Å². The lowest BCUT2D eigenvalue weighted by Gasteiger charge is -2.36. The van der Waals surface area contributed by atoms with E-state index in [2.05, 4.69) is 20.6 Å². The van der Waals surface area contributed by atoms with Gasteiger partial charge in [-0.3, -0.25) is 0 Å². The summed E-state index contributed by atoms with van der Waals surface area (Å²) in [4.78, 5) is 26.1. The zero-order chi connectivity index (χ0) is 19.1. The third kappa shape index (κ3) is 2.81. The second kappa shape index (κ2) is 6.73. The molecule has 0 aromatic carbocycles. The Labute approximate surface area is 167 Å². The second-order valence-corrected chi connectivity index (χ2v) is 7.86. The number of hydrogen-bond acceptors (Lipinski definition) is 11. The molecule has 3 saturated heterocycles. The zero-order valence-corrected chi connectivity index (χ0v) is 16.0. The molecule has 3 unspecified atom stereocenters. The molecule has 2 aromatic rings. The van der Waals surface area contributed by atoms with Crippen molar-refractivity contribution in [2.75, 3.05) is 19.7 Å². The van der Waals surface area contributed by atoms with Gasteiger partial charge in [0, 0.05) is 19.0 Å².